The van der Waals surface area contributed by atoms with Crippen LogP contribution in [0.5, 0.6) is 5.88 Å². The molecule has 0 saturated heterocycles. The number of nitrogens with zero attached hydrogens (tertiary/aromatic N) is 1. The van der Waals surface area contributed by atoms with Gasteiger partial charge in [-0.15, -0.1) is 0 Å². The van der Waals surface area contributed by atoms with Crippen LogP contribution in [0.1, 0.15) is 29.6 Å². The molecule has 1 aromatic rings. The number of carbonyl (C=O) groups excluding carboxylic acids is 1. The van der Waals surface area contributed by atoms with Crippen molar-refractivity contribution in [1.29, 1.82) is 0 Å². The second kappa shape index (κ2) is 8.27. The third kappa shape index (κ3) is 6.67. The second-order valence-electron chi connectivity index (χ2n) is 6.61. The van der Waals surface area contributed by atoms with Gasteiger partial charge in [0.05, 0.1) is 11.8 Å². The van der Waals surface area contributed by atoms with Crippen LogP contribution in [0, 0.1) is 11.8 Å². The monoisotopic (exact) mass is 438 g/mol. The van der Waals surface area contributed by atoms with Gasteiger partial charge in [0.25, 0.3) is 5.91 Å². The number of pyridine rings is 1. The fraction of sp³-hybridized carbons (Fsp3) is 0.625. The molecule has 1 fully saturated rings. The average molecular weight is 438 g/mol. The highest BCUT2D eigenvalue weighted by molar-refractivity contribution is 5.96. The molecule has 4 nitrogen and oxygen atoms in total. The van der Waals surface area contributed by atoms with Crippen molar-refractivity contribution in [2.45, 2.75) is 43.8 Å². The van der Waals surface area contributed by atoms with Crippen molar-refractivity contribution in [1.82, 2.24) is 10.3 Å². The van der Waals surface area contributed by atoms with Gasteiger partial charge in [0.15, 0.2) is 6.61 Å². The van der Waals surface area contributed by atoms with Crippen molar-refractivity contribution in [3.05, 3.63) is 23.9 Å². The lowest BCUT2D eigenvalue weighted by molar-refractivity contribution is -0.225. The molecule has 1 N–H and O–H groups in total. The number of nitrogens with one attached hydrogen (secondary N) is 1. The van der Waals surface area contributed by atoms with Gasteiger partial charge < -0.3 is 10.1 Å². The molecular formula is C16H15F9N2O2. The predicted octanol–water partition coefficient (Wildman–Crippen LogP) is 4.66. The summed E-state index contributed by atoms with van der Waals surface area (Å²) in [4.78, 5) is 15.8. The molecule has 0 bridgehead atoms. The molecule has 164 valence electrons. The third-order valence-corrected chi connectivity index (χ3v) is 4.36. The molecule has 1 aliphatic carbocycles. The number of rotatable bonds is 4. The highest BCUT2D eigenvalue weighted by Gasteiger charge is 2.52. The van der Waals surface area contributed by atoms with Crippen molar-refractivity contribution in [3.63, 3.8) is 0 Å². The second-order valence-corrected chi connectivity index (χ2v) is 6.61. The summed E-state index contributed by atoms with van der Waals surface area (Å²) in [5.41, 5.74) is -0.533. The molecule has 1 aliphatic rings. The van der Waals surface area contributed by atoms with Crippen molar-refractivity contribution in [2.75, 3.05) is 6.61 Å². The van der Waals surface area contributed by atoms with Crippen LogP contribution >= 0.6 is 0 Å². The summed E-state index contributed by atoms with van der Waals surface area (Å²) in [5, 5.41) is 2.04. The van der Waals surface area contributed by atoms with Crippen molar-refractivity contribution in [3.8, 4) is 5.88 Å². The zero-order valence-corrected chi connectivity index (χ0v) is 14.5. The highest BCUT2D eigenvalue weighted by atomic mass is 19.4. The van der Waals surface area contributed by atoms with E-state index in [-0.39, 0.29) is 0 Å². The van der Waals surface area contributed by atoms with Gasteiger partial charge in [0.2, 0.25) is 5.88 Å². The summed E-state index contributed by atoms with van der Waals surface area (Å²) in [7, 11) is 0. The number of halogens is 9. The zero-order chi connectivity index (χ0) is 22.0. The Labute approximate surface area is 158 Å². The zero-order valence-electron chi connectivity index (χ0n) is 14.5. The quantitative estimate of drug-likeness (QED) is 0.696. The Morgan fingerprint density at radius 2 is 1.55 bits per heavy atom. The molecule has 2 atom stereocenters. The van der Waals surface area contributed by atoms with E-state index >= 15 is 0 Å². The Bertz CT molecular complexity index is 694. The van der Waals surface area contributed by atoms with E-state index in [1.54, 1.807) is 0 Å². The number of carbonyl (C=O) groups is 1. The fourth-order valence-corrected chi connectivity index (χ4v) is 3.06. The smallest absolute Gasteiger partial charge is 0.422 e. The molecule has 29 heavy (non-hydrogen) atoms. The number of alkyl halides is 9. The lowest BCUT2D eigenvalue weighted by Crippen LogP contribution is -2.47. The van der Waals surface area contributed by atoms with E-state index in [2.05, 4.69) is 9.72 Å². The summed E-state index contributed by atoms with van der Waals surface area (Å²) in [6, 6.07) is 0.678. The van der Waals surface area contributed by atoms with Gasteiger partial charge in [-0.3, -0.25) is 4.79 Å². The summed E-state index contributed by atoms with van der Waals surface area (Å²) in [6.45, 7) is -1.78. The average Bonchev–Trinajstić information content (AvgIpc) is 2.57. The number of hydrogen-bond acceptors (Lipinski definition) is 3. The van der Waals surface area contributed by atoms with Crippen LogP contribution in [0.25, 0.3) is 0 Å². The van der Waals surface area contributed by atoms with Crippen LogP contribution < -0.4 is 10.1 Å². The SMILES string of the molecule is O=C(NC1CC(C(F)(F)F)CC(C(F)(F)F)C1)c1cccnc1OCC(F)(F)F. The van der Waals surface area contributed by atoms with Crippen LogP contribution in [-0.2, 0) is 0 Å². The highest BCUT2D eigenvalue weighted by Crippen LogP contribution is 2.45. The van der Waals surface area contributed by atoms with E-state index in [1.807, 2.05) is 5.32 Å². The molecule has 0 aliphatic heterocycles. The third-order valence-electron chi connectivity index (χ3n) is 4.36. The van der Waals surface area contributed by atoms with E-state index in [4.69, 9.17) is 0 Å². The Kier molecular flexibility index (Phi) is 6.58. The van der Waals surface area contributed by atoms with Gasteiger partial charge in [0.1, 0.15) is 5.56 Å². The Morgan fingerprint density at radius 1 is 1.00 bits per heavy atom. The lowest BCUT2D eigenvalue weighted by atomic mass is 9.77. The Balaban J connectivity index is 2.16. The van der Waals surface area contributed by atoms with E-state index in [0.717, 1.165) is 18.3 Å². The number of ether oxygens (including phenoxy) is 1. The van der Waals surface area contributed by atoms with Crippen LogP contribution in [0.4, 0.5) is 39.5 Å². The lowest BCUT2D eigenvalue weighted by Gasteiger charge is -2.37. The molecule has 0 aromatic carbocycles. The molecular weight excluding hydrogens is 423 g/mol. The Morgan fingerprint density at radius 3 is 2.03 bits per heavy atom. The fourth-order valence-electron chi connectivity index (χ4n) is 3.06. The maximum atomic E-state index is 13.0. The number of aromatic nitrogens is 1. The van der Waals surface area contributed by atoms with E-state index < -0.39 is 79.6 Å². The van der Waals surface area contributed by atoms with Gasteiger partial charge >= 0.3 is 18.5 Å². The van der Waals surface area contributed by atoms with Crippen molar-refractivity contribution >= 4 is 5.91 Å². The van der Waals surface area contributed by atoms with Gasteiger partial charge in [-0.05, 0) is 31.4 Å². The first kappa shape index (κ1) is 23.1. The molecule has 1 amide bonds. The van der Waals surface area contributed by atoms with Gasteiger partial charge in [-0.1, -0.05) is 0 Å². The number of hydrogen-bond donors (Lipinski definition) is 1. The molecule has 13 heteroatoms. The predicted molar refractivity (Wildman–Crippen MR) is 80.0 cm³/mol. The van der Waals surface area contributed by atoms with Gasteiger partial charge in [-0.2, -0.15) is 39.5 Å². The van der Waals surface area contributed by atoms with Crippen LogP contribution in [0.3, 0.4) is 0 Å². The molecule has 1 saturated carbocycles. The molecule has 2 rings (SSSR count). The van der Waals surface area contributed by atoms with Crippen molar-refractivity contribution < 1.29 is 49.0 Å². The first-order chi connectivity index (χ1) is 13.2. The molecule has 2 unspecified atom stereocenters. The van der Waals surface area contributed by atoms with E-state index in [0.29, 0.717) is 0 Å². The molecule has 1 heterocycles. The molecule has 0 radical (unpaired) electrons. The topological polar surface area (TPSA) is 51.2 Å². The minimum absolute atomic E-state index is 0.533. The van der Waals surface area contributed by atoms with E-state index in [1.165, 1.54) is 0 Å². The van der Waals surface area contributed by atoms with Gasteiger partial charge in [-0.25, -0.2) is 4.98 Å². The van der Waals surface area contributed by atoms with Crippen LogP contribution in [0.15, 0.2) is 18.3 Å². The first-order valence-electron chi connectivity index (χ1n) is 8.25. The van der Waals surface area contributed by atoms with Gasteiger partial charge in [0, 0.05) is 12.2 Å². The maximum Gasteiger partial charge on any atom is 0.422 e. The first-order valence-corrected chi connectivity index (χ1v) is 8.25. The number of amides is 1. The van der Waals surface area contributed by atoms with E-state index in [9.17, 15) is 44.3 Å². The van der Waals surface area contributed by atoms with Crippen molar-refractivity contribution in [2.24, 2.45) is 11.8 Å². The summed E-state index contributed by atoms with van der Waals surface area (Å²) < 4.78 is 119. The summed E-state index contributed by atoms with van der Waals surface area (Å²) in [6.07, 6.45) is -16.2. The summed E-state index contributed by atoms with van der Waals surface area (Å²) in [5.74, 6) is -6.46. The standard InChI is InChI=1S/C16H15F9N2O2/c17-14(18,19)7-29-13-11(2-1-3-26-13)12(28)27-10-5-8(15(20,21)22)4-9(6-10)16(23,24)25/h1-3,8-10H,4-7H2,(H,27,28). The Hall–Kier alpha value is -2.21. The van der Waals surface area contributed by atoms with Crippen LogP contribution in [-0.4, -0.2) is 42.1 Å². The minimum atomic E-state index is -4.89. The summed E-state index contributed by atoms with van der Waals surface area (Å²) >= 11 is 0. The minimum Gasteiger partial charge on any atom is -0.467 e. The maximum absolute atomic E-state index is 13.0. The largest absolute Gasteiger partial charge is 0.467 e. The van der Waals surface area contributed by atoms with Crippen LogP contribution in [0.2, 0.25) is 0 Å². The normalized spacial score (nSPS) is 23.6. The molecule has 1 aromatic heterocycles. The molecule has 0 spiro atoms.